The molecule has 11 heavy (non-hydrogen) atoms. The molecule has 0 aliphatic rings. The van der Waals surface area contributed by atoms with Gasteiger partial charge in [-0.3, -0.25) is 4.79 Å². The number of pyridine rings is 1. The third-order valence-corrected chi connectivity index (χ3v) is 1.60. The van der Waals surface area contributed by atoms with Crippen LogP contribution in [0.4, 0.5) is 4.39 Å². The minimum absolute atomic E-state index is 0.0231. The van der Waals surface area contributed by atoms with Crippen molar-refractivity contribution in [3.8, 4) is 0 Å². The zero-order chi connectivity index (χ0) is 8.43. The predicted octanol–water partition coefficient (Wildman–Crippen LogP) is 2.00. The summed E-state index contributed by atoms with van der Waals surface area (Å²) in [6.45, 7) is 1.59. The number of aromatic nitrogens is 1. The van der Waals surface area contributed by atoms with E-state index in [1.807, 2.05) is 0 Å². The Kier molecular flexibility index (Phi) is 2.19. The first-order valence-corrected chi connectivity index (χ1v) is 3.30. The highest BCUT2D eigenvalue weighted by Crippen LogP contribution is 2.16. The van der Waals surface area contributed by atoms with Crippen molar-refractivity contribution in [2.45, 2.75) is 6.92 Å². The van der Waals surface area contributed by atoms with Gasteiger partial charge in [-0.1, -0.05) is 11.6 Å². The molecule has 0 aliphatic heterocycles. The van der Waals surface area contributed by atoms with Crippen LogP contribution in [0.1, 0.15) is 15.9 Å². The number of rotatable bonds is 1. The second kappa shape index (κ2) is 2.96. The van der Waals surface area contributed by atoms with E-state index in [9.17, 15) is 9.18 Å². The molecule has 0 atom stereocenters. The lowest BCUT2D eigenvalue weighted by Crippen LogP contribution is -1.95. The fourth-order valence-corrected chi connectivity index (χ4v) is 0.859. The van der Waals surface area contributed by atoms with Crippen molar-refractivity contribution < 1.29 is 9.18 Å². The van der Waals surface area contributed by atoms with Gasteiger partial charge >= 0.3 is 0 Å². The topological polar surface area (TPSA) is 30.0 Å². The molecule has 1 rings (SSSR count). The average molecular weight is 174 g/mol. The lowest BCUT2D eigenvalue weighted by molar-refractivity contribution is 0.111. The first-order chi connectivity index (χ1) is 5.16. The van der Waals surface area contributed by atoms with Gasteiger partial charge in [0.2, 0.25) is 0 Å². The Balaban J connectivity index is 3.40. The van der Waals surface area contributed by atoms with Gasteiger partial charge in [-0.05, 0) is 12.5 Å². The summed E-state index contributed by atoms with van der Waals surface area (Å²) < 4.78 is 12.8. The van der Waals surface area contributed by atoms with E-state index in [-0.39, 0.29) is 10.7 Å². The normalized spacial score (nSPS) is 9.73. The van der Waals surface area contributed by atoms with Crippen molar-refractivity contribution in [3.63, 3.8) is 0 Å². The molecule has 4 heteroatoms. The molecule has 0 fully saturated rings. The average Bonchev–Trinajstić information content (AvgIpc) is 1.99. The number of aldehydes is 1. The van der Waals surface area contributed by atoms with Crippen LogP contribution in [0, 0.1) is 12.7 Å². The highest BCUT2D eigenvalue weighted by atomic mass is 35.5. The lowest BCUT2D eigenvalue weighted by Gasteiger charge is -1.99. The number of nitrogens with zero attached hydrogens (tertiary/aromatic N) is 1. The van der Waals surface area contributed by atoms with Gasteiger partial charge in [0.05, 0.1) is 5.56 Å². The van der Waals surface area contributed by atoms with E-state index < -0.39 is 5.82 Å². The summed E-state index contributed by atoms with van der Waals surface area (Å²) in [5, 5.41) is -0.266. The van der Waals surface area contributed by atoms with E-state index in [1.54, 1.807) is 6.92 Å². The zero-order valence-electron chi connectivity index (χ0n) is 5.77. The van der Waals surface area contributed by atoms with E-state index in [0.717, 1.165) is 0 Å². The van der Waals surface area contributed by atoms with Crippen molar-refractivity contribution >= 4 is 17.9 Å². The third-order valence-electron chi connectivity index (χ3n) is 1.33. The smallest absolute Gasteiger partial charge is 0.171 e. The SMILES string of the molecule is Cc1cnc(Cl)c(F)c1C=O. The summed E-state index contributed by atoms with van der Waals surface area (Å²) in [4.78, 5) is 13.8. The summed E-state index contributed by atoms with van der Waals surface area (Å²) in [5.41, 5.74) is 0.465. The van der Waals surface area contributed by atoms with Gasteiger partial charge in [0.1, 0.15) is 0 Å². The molecule has 0 aliphatic carbocycles. The summed E-state index contributed by atoms with van der Waals surface area (Å²) in [7, 11) is 0. The fraction of sp³-hybridized carbons (Fsp3) is 0.143. The summed E-state index contributed by atoms with van der Waals surface area (Å²) in [6, 6.07) is 0. The standard InChI is InChI=1S/C7H5ClFNO/c1-4-2-10-7(8)6(9)5(4)3-11/h2-3H,1H3. The Morgan fingerprint density at radius 2 is 2.36 bits per heavy atom. The Morgan fingerprint density at radius 3 is 2.82 bits per heavy atom. The van der Waals surface area contributed by atoms with Crippen molar-refractivity contribution in [1.29, 1.82) is 0 Å². The second-order valence-corrected chi connectivity index (χ2v) is 2.44. The first-order valence-electron chi connectivity index (χ1n) is 2.92. The predicted molar refractivity (Wildman–Crippen MR) is 39.3 cm³/mol. The lowest BCUT2D eigenvalue weighted by atomic mass is 10.2. The van der Waals surface area contributed by atoms with Gasteiger partial charge in [0.15, 0.2) is 17.3 Å². The van der Waals surface area contributed by atoms with E-state index in [4.69, 9.17) is 11.6 Å². The maximum Gasteiger partial charge on any atom is 0.171 e. The Bertz CT molecular complexity index is 301. The van der Waals surface area contributed by atoms with E-state index in [0.29, 0.717) is 11.8 Å². The monoisotopic (exact) mass is 173 g/mol. The van der Waals surface area contributed by atoms with E-state index >= 15 is 0 Å². The molecule has 2 nitrogen and oxygen atoms in total. The molecule has 0 bridgehead atoms. The number of carbonyl (C=O) groups excluding carboxylic acids is 1. The molecular formula is C7H5ClFNO. The van der Waals surface area contributed by atoms with Gasteiger partial charge in [-0.15, -0.1) is 0 Å². The van der Waals surface area contributed by atoms with Crippen LogP contribution in [0.2, 0.25) is 5.15 Å². The van der Waals surface area contributed by atoms with Crippen LogP contribution < -0.4 is 0 Å². The molecule has 0 N–H and O–H groups in total. The Morgan fingerprint density at radius 1 is 1.73 bits per heavy atom. The quantitative estimate of drug-likeness (QED) is 0.480. The van der Waals surface area contributed by atoms with Crippen LogP contribution in [0.3, 0.4) is 0 Å². The van der Waals surface area contributed by atoms with Crippen molar-refractivity contribution in [1.82, 2.24) is 4.98 Å². The zero-order valence-corrected chi connectivity index (χ0v) is 6.52. The van der Waals surface area contributed by atoms with Crippen molar-refractivity contribution in [2.24, 2.45) is 0 Å². The van der Waals surface area contributed by atoms with Crippen LogP contribution >= 0.6 is 11.6 Å². The van der Waals surface area contributed by atoms with Crippen LogP contribution in [0.5, 0.6) is 0 Å². The molecule has 0 unspecified atom stereocenters. The molecule has 1 aromatic heterocycles. The van der Waals surface area contributed by atoms with Crippen LogP contribution in [0.25, 0.3) is 0 Å². The fourth-order valence-electron chi connectivity index (χ4n) is 0.709. The van der Waals surface area contributed by atoms with Crippen LogP contribution in [-0.4, -0.2) is 11.3 Å². The highest BCUT2D eigenvalue weighted by Gasteiger charge is 2.09. The minimum atomic E-state index is -0.748. The number of carbonyl (C=O) groups is 1. The molecule has 1 aromatic rings. The molecular weight excluding hydrogens is 169 g/mol. The number of halogens is 2. The number of hydrogen-bond donors (Lipinski definition) is 0. The van der Waals surface area contributed by atoms with E-state index in [2.05, 4.69) is 4.98 Å². The summed E-state index contributed by atoms with van der Waals surface area (Å²) in [5.74, 6) is -0.748. The third kappa shape index (κ3) is 1.38. The Hall–Kier alpha value is -0.960. The maximum atomic E-state index is 12.8. The summed E-state index contributed by atoms with van der Waals surface area (Å²) >= 11 is 5.32. The van der Waals surface area contributed by atoms with Gasteiger partial charge in [-0.2, -0.15) is 0 Å². The van der Waals surface area contributed by atoms with Gasteiger partial charge < -0.3 is 0 Å². The Labute approximate surface area is 68.0 Å². The molecule has 1 heterocycles. The van der Waals surface area contributed by atoms with Crippen LogP contribution in [-0.2, 0) is 0 Å². The molecule has 0 spiro atoms. The molecule has 0 saturated carbocycles. The molecule has 0 saturated heterocycles. The van der Waals surface area contributed by atoms with Gasteiger partial charge in [-0.25, -0.2) is 9.37 Å². The molecule has 58 valence electrons. The largest absolute Gasteiger partial charge is 0.298 e. The van der Waals surface area contributed by atoms with Crippen molar-refractivity contribution in [3.05, 3.63) is 28.3 Å². The van der Waals surface area contributed by atoms with E-state index in [1.165, 1.54) is 6.20 Å². The van der Waals surface area contributed by atoms with Gasteiger partial charge in [0, 0.05) is 6.20 Å². The minimum Gasteiger partial charge on any atom is -0.298 e. The molecule has 0 radical (unpaired) electrons. The van der Waals surface area contributed by atoms with Crippen molar-refractivity contribution in [2.75, 3.05) is 0 Å². The summed E-state index contributed by atoms with van der Waals surface area (Å²) in [6.07, 6.45) is 1.79. The first kappa shape index (κ1) is 8.14. The molecule has 0 amide bonds. The highest BCUT2D eigenvalue weighted by molar-refractivity contribution is 6.29. The second-order valence-electron chi connectivity index (χ2n) is 2.08. The maximum absolute atomic E-state index is 12.8. The number of hydrogen-bond acceptors (Lipinski definition) is 2. The van der Waals surface area contributed by atoms with Gasteiger partial charge in [0.25, 0.3) is 0 Å². The van der Waals surface area contributed by atoms with Crippen LogP contribution in [0.15, 0.2) is 6.20 Å². The molecule has 0 aromatic carbocycles. The number of aryl methyl sites for hydroxylation is 1.